The van der Waals surface area contributed by atoms with Gasteiger partial charge in [0.1, 0.15) is 17.6 Å². The lowest BCUT2D eigenvalue weighted by molar-refractivity contribution is -0.148. The molecule has 0 aliphatic carbocycles. The number of hydrogen-bond acceptors (Lipinski definition) is 7. The number of methoxy groups -OCH3 is 1. The van der Waals surface area contributed by atoms with Crippen LogP contribution < -0.4 is 10.1 Å². The van der Waals surface area contributed by atoms with Gasteiger partial charge in [-0.1, -0.05) is 17.7 Å². The maximum Gasteiger partial charge on any atom is 0.328 e. The summed E-state index contributed by atoms with van der Waals surface area (Å²) >= 11 is 6.92. The Kier molecular flexibility index (Phi) is 7.72. The summed E-state index contributed by atoms with van der Waals surface area (Å²) in [4.78, 5) is 49.4. The molecule has 0 bridgehead atoms. The fraction of sp³-hybridized carbons (Fsp3) is 0.182. The molecule has 1 N–H and O–H groups in total. The average Bonchev–Trinajstić information content (AvgIpc) is 3.06. The topological polar surface area (TPSA) is 102 Å². The van der Waals surface area contributed by atoms with Crippen molar-refractivity contribution in [2.75, 3.05) is 19.0 Å². The molecular formula is C22H18ClFN2O6S. The van der Waals surface area contributed by atoms with Crippen molar-refractivity contribution in [2.45, 2.75) is 13.0 Å². The Hall–Kier alpha value is -3.37. The molecule has 2 aromatic carbocycles. The van der Waals surface area contributed by atoms with Crippen molar-refractivity contribution in [2.24, 2.45) is 0 Å². The number of nitrogens with one attached hydrogen (secondary N) is 1. The molecule has 0 spiro atoms. The highest BCUT2D eigenvalue weighted by molar-refractivity contribution is 8.18. The lowest BCUT2D eigenvalue weighted by Crippen LogP contribution is -2.42. The summed E-state index contributed by atoms with van der Waals surface area (Å²) < 4.78 is 22.9. The molecule has 3 rings (SSSR count). The van der Waals surface area contributed by atoms with Gasteiger partial charge < -0.3 is 14.8 Å². The standard InChI is InChI=1S/C22H18ClFN2O6S/c1-12(21(29)31-2)26-20(28)18(33-22(26)30)10-13-3-8-17(16(23)9-13)32-11-19(27)25-15-6-4-14(24)5-7-15/h3-10,12H,11H2,1-2H3,(H,25,27)/b18-10-/t12-/m0/s1. The third kappa shape index (κ3) is 5.91. The quantitative estimate of drug-likeness (QED) is 0.458. The van der Waals surface area contributed by atoms with E-state index in [1.54, 1.807) is 6.07 Å². The van der Waals surface area contributed by atoms with Gasteiger partial charge >= 0.3 is 5.97 Å². The van der Waals surface area contributed by atoms with E-state index < -0.39 is 34.9 Å². The first-order valence-corrected chi connectivity index (χ1v) is 10.7. The molecule has 0 radical (unpaired) electrons. The zero-order valence-electron chi connectivity index (χ0n) is 17.5. The molecule has 8 nitrogen and oxygen atoms in total. The van der Waals surface area contributed by atoms with Gasteiger partial charge in [0.25, 0.3) is 17.1 Å². The third-order valence-electron chi connectivity index (χ3n) is 4.49. The summed E-state index contributed by atoms with van der Waals surface area (Å²) in [7, 11) is 1.17. The number of nitrogens with zero attached hydrogens (tertiary/aromatic N) is 1. The first-order chi connectivity index (χ1) is 15.7. The average molecular weight is 493 g/mol. The highest BCUT2D eigenvalue weighted by atomic mass is 35.5. The van der Waals surface area contributed by atoms with Crippen LogP contribution in [0.4, 0.5) is 14.9 Å². The number of benzene rings is 2. The van der Waals surface area contributed by atoms with Crippen LogP contribution in [0.15, 0.2) is 47.4 Å². The van der Waals surface area contributed by atoms with Crippen molar-refractivity contribution < 1.29 is 33.0 Å². The summed E-state index contributed by atoms with van der Waals surface area (Å²) in [6, 6.07) is 8.84. The van der Waals surface area contributed by atoms with Crippen LogP contribution in [0.25, 0.3) is 6.08 Å². The number of anilines is 1. The van der Waals surface area contributed by atoms with Gasteiger partial charge in [0.15, 0.2) is 6.61 Å². The molecule has 1 heterocycles. The molecule has 11 heteroatoms. The summed E-state index contributed by atoms with van der Waals surface area (Å²) in [5.41, 5.74) is 0.932. The van der Waals surface area contributed by atoms with Crippen LogP contribution in [0.1, 0.15) is 12.5 Å². The van der Waals surface area contributed by atoms with Crippen molar-refractivity contribution >= 4 is 58.1 Å². The Morgan fingerprint density at radius 1 is 1.21 bits per heavy atom. The fourth-order valence-corrected chi connectivity index (χ4v) is 3.99. The number of rotatable bonds is 7. The summed E-state index contributed by atoms with van der Waals surface area (Å²) in [5, 5.41) is 2.16. The van der Waals surface area contributed by atoms with Gasteiger partial charge in [-0.25, -0.2) is 9.18 Å². The Bertz CT molecular complexity index is 1140. The van der Waals surface area contributed by atoms with E-state index in [0.717, 1.165) is 4.90 Å². The molecule has 0 aromatic heterocycles. The van der Waals surface area contributed by atoms with Gasteiger partial charge in [0, 0.05) is 5.69 Å². The molecule has 1 fully saturated rings. The zero-order chi connectivity index (χ0) is 24.1. The Morgan fingerprint density at radius 3 is 2.55 bits per heavy atom. The maximum atomic E-state index is 12.9. The summed E-state index contributed by atoms with van der Waals surface area (Å²) in [6.07, 6.45) is 1.46. The third-order valence-corrected chi connectivity index (χ3v) is 5.67. The molecule has 2 aromatic rings. The lowest BCUT2D eigenvalue weighted by atomic mass is 10.2. The lowest BCUT2D eigenvalue weighted by Gasteiger charge is -2.18. The van der Waals surface area contributed by atoms with E-state index in [9.17, 15) is 23.6 Å². The Balaban J connectivity index is 1.64. The van der Waals surface area contributed by atoms with Crippen LogP contribution in [0, 0.1) is 5.82 Å². The first-order valence-electron chi connectivity index (χ1n) is 9.52. The van der Waals surface area contributed by atoms with E-state index in [4.69, 9.17) is 16.3 Å². The van der Waals surface area contributed by atoms with Gasteiger partial charge in [0.2, 0.25) is 0 Å². The van der Waals surface area contributed by atoms with Crippen molar-refractivity contribution in [3.05, 3.63) is 63.8 Å². The molecule has 1 aliphatic heterocycles. The van der Waals surface area contributed by atoms with E-state index in [1.165, 1.54) is 56.5 Å². The molecule has 1 aliphatic rings. The fourth-order valence-electron chi connectivity index (χ4n) is 2.84. The smallest absolute Gasteiger partial charge is 0.328 e. The monoisotopic (exact) mass is 492 g/mol. The van der Waals surface area contributed by atoms with Gasteiger partial charge in [-0.3, -0.25) is 19.3 Å². The predicted octanol–water partition coefficient (Wildman–Crippen LogP) is 4.09. The van der Waals surface area contributed by atoms with E-state index in [0.29, 0.717) is 23.0 Å². The number of imide groups is 1. The minimum absolute atomic E-state index is 0.124. The van der Waals surface area contributed by atoms with Crippen LogP contribution >= 0.6 is 23.4 Å². The number of esters is 1. The van der Waals surface area contributed by atoms with Crippen LogP contribution in [0.5, 0.6) is 5.75 Å². The maximum absolute atomic E-state index is 12.9. The SMILES string of the molecule is COC(=O)[C@H](C)N1C(=O)S/C(=C\c2ccc(OCC(=O)Nc3ccc(F)cc3)c(Cl)c2)C1=O. The normalized spacial score (nSPS) is 15.5. The number of carbonyl (C=O) groups excluding carboxylic acids is 4. The van der Waals surface area contributed by atoms with Crippen molar-refractivity contribution in [1.29, 1.82) is 0 Å². The number of carbonyl (C=O) groups is 4. The van der Waals surface area contributed by atoms with Crippen LogP contribution in [-0.2, 0) is 19.1 Å². The number of thioether (sulfide) groups is 1. The minimum atomic E-state index is -1.05. The molecular weight excluding hydrogens is 475 g/mol. The highest BCUT2D eigenvalue weighted by Gasteiger charge is 2.41. The van der Waals surface area contributed by atoms with Crippen molar-refractivity contribution in [3.8, 4) is 5.75 Å². The van der Waals surface area contributed by atoms with Crippen LogP contribution in [-0.4, -0.2) is 47.7 Å². The second-order valence-corrected chi connectivity index (χ2v) is 8.18. The van der Waals surface area contributed by atoms with Crippen LogP contribution in [0.2, 0.25) is 5.02 Å². The van der Waals surface area contributed by atoms with E-state index >= 15 is 0 Å². The van der Waals surface area contributed by atoms with Crippen LogP contribution in [0.3, 0.4) is 0 Å². The number of ether oxygens (including phenoxy) is 2. The predicted molar refractivity (Wildman–Crippen MR) is 121 cm³/mol. The molecule has 1 atom stereocenters. The second kappa shape index (κ2) is 10.5. The Labute approximate surface area is 197 Å². The van der Waals surface area contributed by atoms with Gasteiger partial charge in [0.05, 0.1) is 17.0 Å². The number of hydrogen-bond donors (Lipinski definition) is 1. The summed E-state index contributed by atoms with van der Waals surface area (Å²) in [6.45, 7) is 1.07. The van der Waals surface area contributed by atoms with Crippen molar-refractivity contribution in [1.82, 2.24) is 4.90 Å². The largest absolute Gasteiger partial charge is 0.482 e. The molecule has 1 saturated heterocycles. The number of amides is 3. The van der Waals surface area contributed by atoms with Gasteiger partial charge in [-0.05, 0) is 66.7 Å². The molecule has 33 heavy (non-hydrogen) atoms. The number of halogens is 2. The first kappa shape index (κ1) is 24.3. The molecule has 0 unspecified atom stereocenters. The van der Waals surface area contributed by atoms with E-state index in [2.05, 4.69) is 10.1 Å². The zero-order valence-corrected chi connectivity index (χ0v) is 19.0. The van der Waals surface area contributed by atoms with Crippen molar-refractivity contribution in [3.63, 3.8) is 0 Å². The molecule has 3 amide bonds. The molecule has 0 saturated carbocycles. The van der Waals surface area contributed by atoms with E-state index in [-0.39, 0.29) is 22.3 Å². The van der Waals surface area contributed by atoms with Gasteiger partial charge in [-0.2, -0.15) is 0 Å². The van der Waals surface area contributed by atoms with Gasteiger partial charge in [-0.15, -0.1) is 0 Å². The summed E-state index contributed by atoms with van der Waals surface area (Å²) in [5.74, 6) is -1.96. The highest BCUT2D eigenvalue weighted by Crippen LogP contribution is 2.35. The minimum Gasteiger partial charge on any atom is -0.482 e. The molecule has 172 valence electrons. The second-order valence-electron chi connectivity index (χ2n) is 6.78. The Morgan fingerprint density at radius 2 is 1.91 bits per heavy atom. The van der Waals surface area contributed by atoms with E-state index in [1.807, 2.05) is 0 Å².